The van der Waals surface area contributed by atoms with Gasteiger partial charge in [0.1, 0.15) is 19.3 Å². The van der Waals surface area contributed by atoms with E-state index in [0.717, 1.165) is 102 Å². The highest BCUT2D eigenvalue weighted by Crippen LogP contribution is 2.45. The lowest BCUT2D eigenvalue weighted by molar-refractivity contribution is -0.161. The Morgan fingerprint density at radius 2 is 0.567 bits per heavy atom. The number of unbranched alkanes of at least 4 members (excludes halogenated alkanes) is 39. The van der Waals surface area contributed by atoms with E-state index in [1.807, 2.05) is 0 Å². The molecule has 19 heteroatoms. The zero-order chi connectivity index (χ0) is 66.5. The third-order valence-corrected chi connectivity index (χ3v) is 18.7. The van der Waals surface area contributed by atoms with Crippen molar-refractivity contribution in [3.63, 3.8) is 0 Å². The number of carbonyl (C=O) groups is 4. The van der Waals surface area contributed by atoms with E-state index in [4.69, 9.17) is 37.0 Å². The van der Waals surface area contributed by atoms with Crippen LogP contribution in [0.25, 0.3) is 0 Å². The van der Waals surface area contributed by atoms with Crippen molar-refractivity contribution in [2.24, 2.45) is 11.8 Å². The molecule has 17 nitrogen and oxygen atoms in total. The summed E-state index contributed by atoms with van der Waals surface area (Å²) >= 11 is 0. The molecule has 0 rings (SSSR count). The Kier molecular flexibility index (Phi) is 61.8. The number of esters is 4. The summed E-state index contributed by atoms with van der Waals surface area (Å²) in [5.41, 5.74) is 0. The van der Waals surface area contributed by atoms with E-state index in [0.29, 0.717) is 25.7 Å². The molecule has 0 heterocycles. The van der Waals surface area contributed by atoms with Crippen molar-refractivity contribution < 1.29 is 80.2 Å². The molecule has 0 spiro atoms. The van der Waals surface area contributed by atoms with Crippen LogP contribution in [0.4, 0.5) is 0 Å². The number of aliphatic hydroxyl groups excluding tert-OH is 1. The Balaban J connectivity index is 5.24. The van der Waals surface area contributed by atoms with Gasteiger partial charge < -0.3 is 33.8 Å². The van der Waals surface area contributed by atoms with Crippen molar-refractivity contribution in [3.05, 3.63) is 0 Å². The van der Waals surface area contributed by atoms with Gasteiger partial charge in [0.15, 0.2) is 12.2 Å². The molecule has 0 bridgehead atoms. The molecule has 90 heavy (non-hydrogen) atoms. The SMILES string of the molecule is CCCCCCCCCCCCCCCC(=O)OC[C@H](COP(=O)(O)OC[C@@H](O)COP(=O)(O)OC[C@@H](COC(=O)CCCCCCCCCCC)OC(=O)CCCCCCCCCCC(C)CC)OC(=O)CCCCCCCCCCCCCCCC(C)C. The summed E-state index contributed by atoms with van der Waals surface area (Å²) in [7, 11) is -9.90. The van der Waals surface area contributed by atoms with Crippen molar-refractivity contribution >= 4 is 39.5 Å². The Morgan fingerprint density at radius 1 is 0.322 bits per heavy atom. The standard InChI is InChI=1S/C71H138O17P2/c1-7-10-12-14-16-18-19-21-25-29-36-42-48-54-69(74)82-60-66(87-70(75)55-49-43-37-30-26-23-20-22-24-28-33-39-45-51-63(4)5)61-85-89(77,78)83-57-65(72)58-84-90(79,80)86-62-67(59-81-68(73)53-47-41-35-27-17-15-13-11-8-2)88-71(76)56-50-44-38-32-31-34-40-46-52-64(6)9-3/h63-67,72H,7-62H2,1-6H3,(H,77,78)(H,79,80)/t64?,65-,66-,67-/m1/s1. The van der Waals surface area contributed by atoms with Crippen LogP contribution in [-0.4, -0.2) is 96.7 Å². The Bertz CT molecular complexity index is 1750. The van der Waals surface area contributed by atoms with Crippen LogP contribution in [0, 0.1) is 11.8 Å². The molecule has 0 aliphatic carbocycles. The predicted octanol–water partition coefficient (Wildman–Crippen LogP) is 20.4. The smallest absolute Gasteiger partial charge is 0.462 e. The average Bonchev–Trinajstić information content (AvgIpc) is 3.19. The second-order valence-corrected chi connectivity index (χ2v) is 29.3. The van der Waals surface area contributed by atoms with Crippen LogP contribution in [0.2, 0.25) is 0 Å². The molecule has 0 aromatic carbocycles. The fraction of sp³-hybridized carbons (Fsp3) is 0.944. The first-order chi connectivity index (χ1) is 43.4. The van der Waals surface area contributed by atoms with E-state index >= 15 is 0 Å². The zero-order valence-corrected chi connectivity index (χ0v) is 60.2. The molecule has 0 saturated heterocycles. The van der Waals surface area contributed by atoms with E-state index in [-0.39, 0.29) is 25.7 Å². The normalized spacial score (nSPS) is 14.4. The molecule has 6 atom stereocenters. The number of hydrogen-bond acceptors (Lipinski definition) is 15. The van der Waals surface area contributed by atoms with Crippen LogP contribution in [-0.2, 0) is 65.4 Å². The number of phosphoric ester groups is 2. The maximum Gasteiger partial charge on any atom is 0.472 e. The van der Waals surface area contributed by atoms with Gasteiger partial charge in [-0.25, -0.2) is 9.13 Å². The summed E-state index contributed by atoms with van der Waals surface area (Å²) in [6.07, 6.45) is 48.4. The van der Waals surface area contributed by atoms with Crippen molar-refractivity contribution in [2.45, 2.75) is 381 Å². The highest BCUT2D eigenvalue weighted by molar-refractivity contribution is 7.47. The minimum absolute atomic E-state index is 0.105. The summed E-state index contributed by atoms with van der Waals surface area (Å²) in [5, 5.41) is 10.6. The summed E-state index contributed by atoms with van der Waals surface area (Å²) < 4.78 is 68.3. The molecule has 3 N–H and O–H groups in total. The molecular formula is C71H138O17P2. The van der Waals surface area contributed by atoms with Crippen LogP contribution >= 0.6 is 15.6 Å². The maximum atomic E-state index is 13.0. The fourth-order valence-electron chi connectivity index (χ4n) is 10.7. The molecule has 0 saturated carbocycles. The molecule has 0 fully saturated rings. The summed E-state index contributed by atoms with van der Waals surface area (Å²) in [5.74, 6) is -0.567. The molecule has 0 amide bonds. The first kappa shape index (κ1) is 88.1. The number of hydrogen-bond donors (Lipinski definition) is 3. The van der Waals surface area contributed by atoms with Crippen LogP contribution in [0.1, 0.15) is 363 Å². The molecule has 3 unspecified atom stereocenters. The number of aliphatic hydroxyl groups is 1. The second kappa shape index (κ2) is 63.1. The van der Waals surface area contributed by atoms with Gasteiger partial charge in [0.05, 0.1) is 26.4 Å². The number of carbonyl (C=O) groups excluding carboxylic acids is 4. The minimum Gasteiger partial charge on any atom is -0.462 e. The highest BCUT2D eigenvalue weighted by atomic mass is 31.2. The van der Waals surface area contributed by atoms with Gasteiger partial charge in [0, 0.05) is 25.7 Å². The maximum absolute atomic E-state index is 13.0. The lowest BCUT2D eigenvalue weighted by Crippen LogP contribution is -2.30. The first-order valence-corrected chi connectivity index (χ1v) is 40.0. The van der Waals surface area contributed by atoms with Crippen LogP contribution in [0.3, 0.4) is 0 Å². The summed E-state index contributed by atoms with van der Waals surface area (Å²) in [6, 6.07) is 0. The molecule has 0 aliphatic rings. The summed E-state index contributed by atoms with van der Waals surface area (Å²) in [4.78, 5) is 72.6. The quantitative estimate of drug-likeness (QED) is 0.0222. The molecule has 0 aromatic rings. The van der Waals surface area contributed by atoms with Gasteiger partial charge in [-0.3, -0.25) is 37.3 Å². The van der Waals surface area contributed by atoms with Crippen molar-refractivity contribution in [2.75, 3.05) is 39.6 Å². The highest BCUT2D eigenvalue weighted by Gasteiger charge is 2.30. The molecule has 0 aromatic heterocycles. The lowest BCUT2D eigenvalue weighted by atomic mass is 9.99. The molecule has 534 valence electrons. The Morgan fingerprint density at radius 3 is 0.844 bits per heavy atom. The molecular weight excluding hydrogens is 1190 g/mol. The van der Waals surface area contributed by atoms with Crippen LogP contribution < -0.4 is 0 Å². The van der Waals surface area contributed by atoms with Gasteiger partial charge in [-0.05, 0) is 37.5 Å². The van der Waals surface area contributed by atoms with Crippen molar-refractivity contribution in [3.8, 4) is 0 Å². The fourth-order valence-corrected chi connectivity index (χ4v) is 12.3. The minimum atomic E-state index is -4.95. The lowest BCUT2D eigenvalue weighted by Gasteiger charge is -2.21. The number of ether oxygens (including phenoxy) is 4. The molecule has 0 aliphatic heterocycles. The topological polar surface area (TPSA) is 237 Å². The van der Waals surface area contributed by atoms with Gasteiger partial charge in [-0.15, -0.1) is 0 Å². The Hall–Kier alpha value is -1.94. The molecule has 0 radical (unpaired) electrons. The van der Waals surface area contributed by atoms with Gasteiger partial charge >= 0.3 is 39.5 Å². The van der Waals surface area contributed by atoms with Crippen LogP contribution in [0.5, 0.6) is 0 Å². The third kappa shape index (κ3) is 63.5. The first-order valence-electron chi connectivity index (χ1n) is 37.0. The van der Waals surface area contributed by atoms with E-state index in [1.54, 1.807) is 0 Å². The van der Waals surface area contributed by atoms with E-state index in [9.17, 15) is 43.2 Å². The van der Waals surface area contributed by atoms with E-state index in [2.05, 4.69) is 41.5 Å². The van der Waals surface area contributed by atoms with Crippen molar-refractivity contribution in [1.82, 2.24) is 0 Å². The Labute approximate surface area is 549 Å². The average molecular weight is 1330 g/mol. The van der Waals surface area contributed by atoms with Gasteiger partial charge in [0.2, 0.25) is 0 Å². The predicted molar refractivity (Wildman–Crippen MR) is 363 cm³/mol. The van der Waals surface area contributed by atoms with Gasteiger partial charge in [-0.2, -0.15) is 0 Å². The monoisotopic (exact) mass is 1320 g/mol. The van der Waals surface area contributed by atoms with Gasteiger partial charge in [0.25, 0.3) is 0 Å². The van der Waals surface area contributed by atoms with E-state index in [1.165, 1.54) is 180 Å². The third-order valence-electron chi connectivity index (χ3n) is 16.8. The second-order valence-electron chi connectivity index (χ2n) is 26.3. The zero-order valence-electron chi connectivity index (χ0n) is 58.4. The van der Waals surface area contributed by atoms with E-state index < -0.39 is 97.5 Å². The largest absolute Gasteiger partial charge is 0.472 e. The van der Waals surface area contributed by atoms with Gasteiger partial charge in [-0.1, -0.05) is 311 Å². The number of rotatable bonds is 70. The van der Waals surface area contributed by atoms with Crippen LogP contribution in [0.15, 0.2) is 0 Å². The number of phosphoric acid groups is 2. The summed E-state index contributed by atoms with van der Waals surface area (Å²) in [6.45, 7) is 9.56. The van der Waals surface area contributed by atoms with Crippen molar-refractivity contribution in [1.29, 1.82) is 0 Å².